The molecule has 0 spiro atoms. The van der Waals surface area contributed by atoms with Gasteiger partial charge in [0.2, 0.25) is 5.91 Å². The van der Waals surface area contributed by atoms with Crippen molar-refractivity contribution >= 4 is 17.5 Å². The molecule has 1 N–H and O–H groups in total. The number of benzene rings is 1. The van der Waals surface area contributed by atoms with Gasteiger partial charge < -0.3 is 10.2 Å². The minimum Gasteiger partial charge on any atom is -0.339 e. The molecule has 24 heavy (non-hydrogen) atoms. The van der Waals surface area contributed by atoms with Crippen LogP contribution >= 0.6 is 0 Å². The molecule has 4 heteroatoms. The van der Waals surface area contributed by atoms with Crippen LogP contribution in [0.2, 0.25) is 0 Å². The van der Waals surface area contributed by atoms with Gasteiger partial charge in [-0.3, -0.25) is 9.59 Å². The highest BCUT2D eigenvalue weighted by Crippen LogP contribution is 2.16. The largest absolute Gasteiger partial charge is 0.339 e. The maximum Gasteiger partial charge on any atom is 0.253 e. The van der Waals surface area contributed by atoms with Crippen LogP contribution in [0, 0.1) is 0 Å². The fraction of sp³-hybridized carbons (Fsp3) is 0.600. The van der Waals surface area contributed by atoms with Gasteiger partial charge in [-0.1, -0.05) is 32.6 Å². The number of nitrogens with one attached hydrogen (secondary N) is 1. The first-order valence-corrected chi connectivity index (χ1v) is 9.40. The fourth-order valence-corrected chi connectivity index (χ4v) is 3.09. The summed E-state index contributed by atoms with van der Waals surface area (Å²) >= 11 is 0. The highest BCUT2D eigenvalue weighted by atomic mass is 16.2. The molecule has 2 rings (SSSR count). The minimum atomic E-state index is 0.0570. The summed E-state index contributed by atoms with van der Waals surface area (Å²) in [5.41, 5.74) is 1.47. The molecule has 1 aliphatic rings. The molecule has 1 aromatic carbocycles. The molecule has 2 amide bonds. The quantitative estimate of drug-likeness (QED) is 0.708. The van der Waals surface area contributed by atoms with Gasteiger partial charge in [0.25, 0.3) is 5.91 Å². The minimum absolute atomic E-state index is 0.0570. The average molecular weight is 330 g/mol. The Morgan fingerprint density at radius 2 is 1.62 bits per heavy atom. The van der Waals surface area contributed by atoms with Gasteiger partial charge in [0.1, 0.15) is 0 Å². The molecule has 1 aliphatic heterocycles. The molecule has 0 saturated carbocycles. The number of nitrogens with zero attached hydrogens (tertiary/aromatic N) is 1. The average Bonchev–Trinajstić information content (AvgIpc) is 2.62. The second-order valence-electron chi connectivity index (χ2n) is 6.64. The van der Waals surface area contributed by atoms with Crippen molar-refractivity contribution < 1.29 is 9.59 Å². The van der Waals surface area contributed by atoms with E-state index in [1.54, 1.807) is 0 Å². The van der Waals surface area contributed by atoms with Crippen molar-refractivity contribution in [2.24, 2.45) is 0 Å². The van der Waals surface area contributed by atoms with E-state index in [9.17, 15) is 9.59 Å². The summed E-state index contributed by atoms with van der Waals surface area (Å²) in [4.78, 5) is 26.2. The third-order valence-electron chi connectivity index (χ3n) is 4.57. The number of carbonyl (C=O) groups excluding carboxylic acids is 2. The Hall–Kier alpha value is -1.84. The van der Waals surface area contributed by atoms with Crippen molar-refractivity contribution in [3.63, 3.8) is 0 Å². The van der Waals surface area contributed by atoms with Crippen LogP contribution in [-0.2, 0) is 4.79 Å². The number of carbonyl (C=O) groups is 2. The van der Waals surface area contributed by atoms with Crippen molar-refractivity contribution in [3.05, 3.63) is 29.8 Å². The smallest absolute Gasteiger partial charge is 0.253 e. The number of likely N-dealkylation sites (tertiary alicyclic amines) is 1. The lowest BCUT2D eigenvalue weighted by atomic mass is 10.1. The second-order valence-corrected chi connectivity index (χ2v) is 6.64. The zero-order valence-corrected chi connectivity index (χ0v) is 14.9. The molecular formula is C20H30N2O2. The Kier molecular flexibility index (Phi) is 7.80. The first-order chi connectivity index (χ1) is 11.7. The highest BCUT2D eigenvalue weighted by molar-refractivity contribution is 5.95. The number of amides is 2. The van der Waals surface area contributed by atoms with Crippen LogP contribution < -0.4 is 5.32 Å². The van der Waals surface area contributed by atoms with Crippen molar-refractivity contribution in [2.45, 2.75) is 64.7 Å². The number of unbranched alkanes of at least 4 members (excludes halogenated alkanes) is 4. The van der Waals surface area contributed by atoms with Gasteiger partial charge in [-0.05, 0) is 49.9 Å². The Labute approximate surface area is 145 Å². The van der Waals surface area contributed by atoms with Crippen LogP contribution in [0.25, 0.3) is 0 Å². The molecule has 0 atom stereocenters. The molecule has 0 aliphatic carbocycles. The summed E-state index contributed by atoms with van der Waals surface area (Å²) in [6.45, 7) is 3.90. The number of rotatable bonds is 8. The van der Waals surface area contributed by atoms with E-state index in [0.717, 1.165) is 44.5 Å². The van der Waals surface area contributed by atoms with Gasteiger partial charge in [-0.15, -0.1) is 0 Å². The van der Waals surface area contributed by atoms with Gasteiger partial charge in [-0.25, -0.2) is 0 Å². The van der Waals surface area contributed by atoms with E-state index >= 15 is 0 Å². The highest BCUT2D eigenvalue weighted by Gasteiger charge is 2.17. The predicted octanol–water partition coefficient (Wildman–Crippen LogP) is 4.61. The maximum absolute atomic E-state index is 12.4. The van der Waals surface area contributed by atoms with Gasteiger partial charge in [0.15, 0.2) is 0 Å². The zero-order valence-electron chi connectivity index (χ0n) is 14.9. The van der Waals surface area contributed by atoms with Gasteiger partial charge in [-0.2, -0.15) is 0 Å². The van der Waals surface area contributed by atoms with Crippen LogP contribution in [0.4, 0.5) is 5.69 Å². The summed E-state index contributed by atoms with van der Waals surface area (Å²) in [7, 11) is 0. The van der Waals surface area contributed by atoms with Crippen LogP contribution in [0.1, 0.15) is 75.1 Å². The first-order valence-electron chi connectivity index (χ1n) is 9.40. The van der Waals surface area contributed by atoms with E-state index < -0.39 is 0 Å². The molecule has 0 aromatic heterocycles. The third-order valence-corrected chi connectivity index (χ3v) is 4.57. The standard InChI is InChI=1S/C20H30N2O2/c1-2-3-4-5-7-10-19(23)21-18-13-11-17(12-14-18)20(24)22-15-8-6-9-16-22/h11-14H,2-10,15-16H2,1H3,(H,21,23). The van der Waals surface area contributed by atoms with Gasteiger partial charge >= 0.3 is 0 Å². The van der Waals surface area contributed by atoms with Crippen molar-refractivity contribution in [2.75, 3.05) is 18.4 Å². The van der Waals surface area contributed by atoms with E-state index in [1.165, 1.54) is 25.7 Å². The van der Waals surface area contributed by atoms with Gasteiger partial charge in [0, 0.05) is 30.8 Å². The Morgan fingerprint density at radius 3 is 2.29 bits per heavy atom. The lowest BCUT2D eigenvalue weighted by molar-refractivity contribution is -0.116. The summed E-state index contributed by atoms with van der Waals surface area (Å²) in [5.74, 6) is 0.158. The molecule has 0 bridgehead atoms. The topological polar surface area (TPSA) is 49.4 Å². The Balaban J connectivity index is 1.76. The van der Waals surface area contributed by atoms with Crippen LogP contribution in [0.15, 0.2) is 24.3 Å². The van der Waals surface area contributed by atoms with E-state index in [1.807, 2.05) is 29.2 Å². The molecule has 132 valence electrons. The van der Waals surface area contributed by atoms with E-state index in [0.29, 0.717) is 12.0 Å². The SMILES string of the molecule is CCCCCCCC(=O)Nc1ccc(C(=O)N2CCCCC2)cc1. The fourth-order valence-electron chi connectivity index (χ4n) is 3.09. The molecular weight excluding hydrogens is 300 g/mol. The maximum atomic E-state index is 12.4. The van der Waals surface area contributed by atoms with Gasteiger partial charge in [0.05, 0.1) is 0 Å². The first kappa shape index (κ1) is 18.5. The number of hydrogen-bond donors (Lipinski definition) is 1. The summed E-state index contributed by atoms with van der Waals surface area (Å²) in [6, 6.07) is 7.28. The summed E-state index contributed by atoms with van der Waals surface area (Å²) in [6.07, 6.45) is 9.70. The molecule has 0 radical (unpaired) electrons. The van der Waals surface area contributed by atoms with E-state index in [2.05, 4.69) is 12.2 Å². The molecule has 4 nitrogen and oxygen atoms in total. The van der Waals surface area contributed by atoms with Crippen LogP contribution in [0.3, 0.4) is 0 Å². The number of anilines is 1. The van der Waals surface area contributed by atoms with Crippen LogP contribution in [0.5, 0.6) is 0 Å². The lowest BCUT2D eigenvalue weighted by Crippen LogP contribution is -2.35. The third kappa shape index (κ3) is 5.99. The van der Waals surface area contributed by atoms with E-state index in [-0.39, 0.29) is 11.8 Å². The number of hydrogen-bond acceptors (Lipinski definition) is 2. The van der Waals surface area contributed by atoms with Crippen molar-refractivity contribution in [1.82, 2.24) is 4.90 Å². The molecule has 1 heterocycles. The molecule has 1 aromatic rings. The molecule has 0 unspecified atom stereocenters. The monoisotopic (exact) mass is 330 g/mol. The lowest BCUT2D eigenvalue weighted by Gasteiger charge is -2.26. The molecule has 1 saturated heterocycles. The summed E-state index contributed by atoms with van der Waals surface area (Å²) in [5, 5.41) is 2.91. The molecule has 1 fully saturated rings. The normalized spacial score (nSPS) is 14.5. The van der Waals surface area contributed by atoms with Crippen molar-refractivity contribution in [1.29, 1.82) is 0 Å². The Bertz CT molecular complexity index is 519. The van der Waals surface area contributed by atoms with E-state index in [4.69, 9.17) is 0 Å². The second kappa shape index (κ2) is 10.1. The zero-order chi connectivity index (χ0) is 17.2. The summed E-state index contributed by atoms with van der Waals surface area (Å²) < 4.78 is 0. The predicted molar refractivity (Wildman–Crippen MR) is 98.2 cm³/mol. The van der Waals surface area contributed by atoms with Crippen molar-refractivity contribution in [3.8, 4) is 0 Å². The number of piperidine rings is 1. The Morgan fingerprint density at radius 1 is 0.958 bits per heavy atom. The van der Waals surface area contributed by atoms with Crippen LogP contribution in [-0.4, -0.2) is 29.8 Å².